The van der Waals surface area contributed by atoms with Crippen molar-refractivity contribution in [2.45, 2.75) is 77.6 Å². The van der Waals surface area contributed by atoms with Crippen LogP contribution in [0.3, 0.4) is 0 Å². The van der Waals surface area contributed by atoms with Gasteiger partial charge < -0.3 is 14.6 Å². The molecule has 0 amide bonds. The van der Waals surface area contributed by atoms with E-state index in [1.807, 2.05) is 40.7 Å². The molecule has 6 atom stereocenters. The Morgan fingerprint density at radius 3 is 2.52 bits per heavy atom. The fourth-order valence-electron chi connectivity index (χ4n) is 6.28. The lowest BCUT2D eigenvalue weighted by Gasteiger charge is -2.61. The van der Waals surface area contributed by atoms with Gasteiger partial charge in [0.15, 0.2) is 0 Å². The third-order valence-corrected chi connectivity index (χ3v) is 7.14. The maximum absolute atomic E-state index is 12.5. The number of ether oxygens (including phenoxy) is 2. The van der Waals surface area contributed by atoms with E-state index >= 15 is 0 Å². The summed E-state index contributed by atoms with van der Waals surface area (Å²) >= 11 is 0. The number of carbonyl (C=O) groups is 2. The van der Waals surface area contributed by atoms with Crippen LogP contribution < -0.4 is 0 Å². The fraction of sp³-hybridized carbons (Fsp3) is 0.800. The molecule has 140 valence electrons. The van der Waals surface area contributed by atoms with Gasteiger partial charge in [0.25, 0.3) is 0 Å². The van der Waals surface area contributed by atoms with Crippen molar-refractivity contribution >= 4 is 11.9 Å². The van der Waals surface area contributed by atoms with Crippen LogP contribution in [0.25, 0.3) is 0 Å². The van der Waals surface area contributed by atoms with Gasteiger partial charge in [0.05, 0.1) is 23.0 Å². The summed E-state index contributed by atoms with van der Waals surface area (Å²) < 4.78 is 12.2. The predicted molar refractivity (Wildman–Crippen MR) is 92.9 cm³/mol. The number of hydrogen-bond acceptors (Lipinski definition) is 4. The highest BCUT2D eigenvalue weighted by molar-refractivity contribution is 5.79. The molecule has 0 bridgehead atoms. The van der Waals surface area contributed by atoms with E-state index in [-0.39, 0.29) is 30.3 Å². The average molecular weight is 350 g/mol. The molecule has 0 unspecified atom stereocenters. The molecule has 5 nitrogen and oxygen atoms in total. The van der Waals surface area contributed by atoms with Gasteiger partial charge in [0.2, 0.25) is 0 Å². The van der Waals surface area contributed by atoms with Crippen LogP contribution in [0.2, 0.25) is 0 Å². The normalized spacial score (nSPS) is 48.2. The largest absolute Gasteiger partial charge is 0.481 e. The van der Waals surface area contributed by atoms with E-state index in [0.717, 1.165) is 12.8 Å². The van der Waals surface area contributed by atoms with Gasteiger partial charge in [-0.2, -0.15) is 0 Å². The zero-order valence-corrected chi connectivity index (χ0v) is 15.9. The molecule has 1 aliphatic carbocycles. The summed E-state index contributed by atoms with van der Waals surface area (Å²) in [4.78, 5) is 24.2. The molecular weight excluding hydrogens is 320 g/mol. The third-order valence-electron chi connectivity index (χ3n) is 7.14. The monoisotopic (exact) mass is 350 g/mol. The molecule has 1 N–H and O–H groups in total. The zero-order chi connectivity index (χ0) is 18.8. The minimum atomic E-state index is -0.835. The van der Waals surface area contributed by atoms with E-state index in [1.54, 1.807) is 0 Å². The Hall–Kier alpha value is -1.36. The zero-order valence-electron chi connectivity index (χ0n) is 15.9. The van der Waals surface area contributed by atoms with Crippen molar-refractivity contribution in [2.75, 3.05) is 0 Å². The van der Waals surface area contributed by atoms with E-state index < -0.39 is 28.0 Å². The number of fused-ring (bicyclic) bond motifs is 2. The van der Waals surface area contributed by atoms with Gasteiger partial charge in [0.1, 0.15) is 6.10 Å². The number of esters is 1. The van der Waals surface area contributed by atoms with Gasteiger partial charge in [0, 0.05) is 12.3 Å². The number of rotatable bonds is 3. The second kappa shape index (κ2) is 5.32. The van der Waals surface area contributed by atoms with Crippen molar-refractivity contribution in [3.63, 3.8) is 0 Å². The molecule has 5 heteroatoms. The lowest BCUT2D eigenvalue weighted by molar-refractivity contribution is -0.255. The van der Waals surface area contributed by atoms with Crippen molar-refractivity contribution < 1.29 is 24.2 Å². The van der Waals surface area contributed by atoms with E-state index in [4.69, 9.17) is 9.47 Å². The highest BCUT2D eigenvalue weighted by Gasteiger charge is 2.69. The van der Waals surface area contributed by atoms with Crippen LogP contribution in [-0.4, -0.2) is 34.4 Å². The SMILES string of the molecule is C=C[C@]1(C)CC[C@@H]2[C@@](C)(CC(=O)O)[C@H]3[C@H](C[C@@]2(C)O1)OC(=O)C3(C)C. The van der Waals surface area contributed by atoms with Gasteiger partial charge in [-0.15, -0.1) is 6.58 Å². The lowest BCUT2D eigenvalue weighted by atomic mass is 9.47. The molecular formula is C20H30O5. The molecule has 0 radical (unpaired) electrons. The van der Waals surface area contributed by atoms with Crippen LogP contribution in [0, 0.1) is 22.7 Å². The first-order chi connectivity index (χ1) is 11.4. The van der Waals surface area contributed by atoms with Crippen molar-refractivity contribution in [1.29, 1.82) is 0 Å². The lowest BCUT2D eigenvalue weighted by Crippen LogP contribution is -2.64. The van der Waals surface area contributed by atoms with Gasteiger partial charge in [-0.25, -0.2) is 0 Å². The summed E-state index contributed by atoms with van der Waals surface area (Å²) in [7, 11) is 0. The Labute approximate surface area is 149 Å². The van der Waals surface area contributed by atoms with Gasteiger partial charge in [-0.3, -0.25) is 9.59 Å². The standard InChI is InChI=1S/C20H30O5/c1-7-18(4)9-8-13-19(5,11-14(21)22)15-12(10-20(13,6)25-18)24-16(23)17(15,2)3/h7,12-13,15H,1,8-11H2,2-6H3,(H,21,22)/t12-,13+,15-,18+,19+,20+/m0/s1. The van der Waals surface area contributed by atoms with Crippen molar-refractivity contribution in [3.05, 3.63) is 12.7 Å². The fourth-order valence-corrected chi connectivity index (χ4v) is 6.28. The van der Waals surface area contributed by atoms with Crippen LogP contribution in [0.1, 0.15) is 60.3 Å². The van der Waals surface area contributed by atoms with Crippen LogP contribution in [0.5, 0.6) is 0 Å². The number of hydrogen-bond donors (Lipinski definition) is 1. The second-order valence-corrected chi connectivity index (χ2v) is 9.45. The van der Waals surface area contributed by atoms with E-state index in [0.29, 0.717) is 6.42 Å². The second-order valence-electron chi connectivity index (χ2n) is 9.45. The van der Waals surface area contributed by atoms with Gasteiger partial charge >= 0.3 is 11.9 Å². The maximum atomic E-state index is 12.5. The quantitative estimate of drug-likeness (QED) is 0.622. The minimum absolute atomic E-state index is 0.0165. The van der Waals surface area contributed by atoms with Crippen LogP contribution in [0.4, 0.5) is 0 Å². The van der Waals surface area contributed by atoms with Crippen molar-refractivity contribution in [2.24, 2.45) is 22.7 Å². The summed E-state index contributed by atoms with van der Waals surface area (Å²) in [6, 6.07) is 0. The maximum Gasteiger partial charge on any atom is 0.312 e. The summed E-state index contributed by atoms with van der Waals surface area (Å²) in [5.41, 5.74) is -2.22. The third kappa shape index (κ3) is 2.54. The summed E-state index contributed by atoms with van der Waals surface area (Å²) in [6.07, 6.45) is 3.81. The Morgan fingerprint density at radius 1 is 1.32 bits per heavy atom. The van der Waals surface area contributed by atoms with Crippen molar-refractivity contribution in [1.82, 2.24) is 0 Å². The number of carbonyl (C=O) groups excluding carboxylic acids is 1. The first-order valence-electron chi connectivity index (χ1n) is 9.15. The number of carboxylic acids is 1. The highest BCUT2D eigenvalue weighted by Crippen LogP contribution is 2.65. The van der Waals surface area contributed by atoms with E-state index in [9.17, 15) is 14.7 Å². The molecule has 2 saturated heterocycles. The molecule has 0 aromatic carbocycles. The topological polar surface area (TPSA) is 72.8 Å². The van der Waals surface area contributed by atoms with Gasteiger partial charge in [-0.1, -0.05) is 13.0 Å². The Morgan fingerprint density at radius 2 is 1.96 bits per heavy atom. The van der Waals surface area contributed by atoms with Crippen LogP contribution >= 0.6 is 0 Å². The molecule has 3 aliphatic rings. The molecule has 0 aromatic rings. The molecule has 2 aliphatic heterocycles. The van der Waals surface area contributed by atoms with Crippen LogP contribution in [0.15, 0.2) is 12.7 Å². The van der Waals surface area contributed by atoms with Crippen molar-refractivity contribution in [3.8, 4) is 0 Å². The van der Waals surface area contributed by atoms with E-state index in [1.165, 1.54) is 0 Å². The average Bonchev–Trinajstić information content (AvgIpc) is 2.66. The Kier molecular flexibility index (Phi) is 3.92. The molecule has 25 heavy (non-hydrogen) atoms. The molecule has 2 heterocycles. The molecule has 3 rings (SSSR count). The molecule has 1 saturated carbocycles. The first-order valence-corrected chi connectivity index (χ1v) is 9.15. The van der Waals surface area contributed by atoms with E-state index in [2.05, 4.69) is 6.58 Å². The number of carboxylic acid groups (broad SMARTS) is 1. The molecule has 3 fully saturated rings. The summed E-state index contributed by atoms with van der Waals surface area (Å²) in [5, 5.41) is 9.63. The van der Waals surface area contributed by atoms with Crippen LogP contribution in [-0.2, 0) is 19.1 Å². The smallest absolute Gasteiger partial charge is 0.312 e. The Balaban J connectivity index is 2.09. The minimum Gasteiger partial charge on any atom is -0.481 e. The highest BCUT2D eigenvalue weighted by atomic mass is 16.6. The summed E-state index contributed by atoms with van der Waals surface area (Å²) in [6.45, 7) is 13.8. The Bertz CT molecular complexity index is 626. The summed E-state index contributed by atoms with van der Waals surface area (Å²) in [5.74, 6) is -1.14. The number of aliphatic carboxylic acids is 1. The molecule has 0 spiro atoms. The predicted octanol–water partition coefficient (Wildman–Crippen LogP) is 3.57. The molecule has 0 aromatic heterocycles. The van der Waals surface area contributed by atoms with Gasteiger partial charge in [-0.05, 0) is 51.9 Å². The first kappa shape index (κ1) is 18.4.